The fourth-order valence-electron chi connectivity index (χ4n) is 2.61. The van der Waals surface area contributed by atoms with Crippen molar-refractivity contribution in [1.82, 2.24) is 0 Å². The van der Waals surface area contributed by atoms with Crippen LogP contribution in [0.3, 0.4) is 0 Å². The third kappa shape index (κ3) is 1.55. The molecule has 1 aliphatic heterocycles. The van der Waals surface area contributed by atoms with Gasteiger partial charge < -0.3 is 5.73 Å². The Morgan fingerprint density at radius 2 is 2.15 bits per heavy atom. The number of aliphatic imine (C=N–C) groups is 1. The standard InChI is InChI=1S/C11H18N2/c12-9-11(5-1-2-6-11)10-4-3-7-13-8-10/h7-8H,1-6,9,12H2. The first kappa shape index (κ1) is 8.95. The Bertz CT molecular complexity index is 234. The minimum atomic E-state index is 0.331. The van der Waals surface area contributed by atoms with E-state index < -0.39 is 0 Å². The van der Waals surface area contributed by atoms with E-state index in [4.69, 9.17) is 5.73 Å². The summed E-state index contributed by atoms with van der Waals surface area (Å²) in [5, 5.41) is 0. The van der Waals surface area contributed by atoms with Gasteiger partial charge in [-0.1, -0.05) is 12.8 Å². The van der Waals surface area contributed by atoms with Gasteiger partial charge in [0.2, 0.25) is 0 Å². The van der Waals surface area contributed by atoms with Crippen LogP contribution in [0.2, 0.25) is 0 Å². The van der Waals surface area contributed by atoms with Crippen LogP contribution in [0.25, 0.3) is 0 Å². The van der Waals surface area contributed by atoms with Gasteiger partial charge in [0.25, 0.3) is 0 Å². The second kappa shape index (κ2) is 3.62. The number of nitrogens with two attached hydrogens (primary N) is 1. The molecule has 1 aliphatic carbocycles. The highest BCUT2D eigenvalue weighted by Crippen LogP contribution is 2.45. The lowest BCUT2D eigenvalue weighted by Crippen LogP contribution is -2.30. The third-order valence-corrected chi connectivity index (χ3v) is 3.51. The summed E-state index contributed by atoms with van der Waals surface area (Å²) in [5.41, 5.74) is 7.75. The molecular formula is C11H18N2. The minimum Gasteiger partial charge on any atom is -0.330 e. The quantitative estimate of drug-likeness (QED) is 0.692. The maximum Gasteiger partial charge on any atom is 0.0262 e. The lowest BCUT2D eigenvalue weighted by Gasteiger charge is -2.31. The predicted octanol–water partition coefficient (Wildman–Crippen LogP) is 2.25. The van der Waals surface area contributed by atoms with Crippen molar-refractivity contribution < 1.29 is 0 Å². The molecule has 0 bridgehead atoms. The maximum atomic E-state index is 5.91. The molecule has 0 aromatic heterocycles. The first-order chi connectivity index (χ1) is 6.37. The van der Waals surface area contributed by atoms with Crippen LogP contribution >= 0.6 is 0 Å². The van der Waals surface area contributed by atoms with Gasteiger partial charge in [-0.05, 0) is 31.3 Å². The molecule has 0 aromatic rings. The largest absolute Gasteiger partial charge is 0.330 e. The monoisotopic (exact) mass is 178 g/mol. The van der Waals surface area contributed by atoms with E-state index in [1.165, 1.54) is 37.7 Å². The van der Waals surface area contributed by atoms with Crippen molar-refractivity contribution in [3.05, 3.63) is 11.8 Å². The number of rotatable bonds is 2. The van der Waals surface area contributed by atoms with Crippen molar-refractivity contribution in [2.45, 2.75) is 38.5 Å². The number of hydrogen-bond donors (Lipinski definition) is 1. The lowest BCUT2D eigenvalue weighted by molar-refractivity contribution is 0.367. The van der Waals surface area contributed by atoms with Crippen LogP contribution < -0.4 is 5.73 Å². The van der Waals surface area contributed by atoms with Crippen molar-refractivity contribution in [1.29, 1.82) is 0 Å². The molecule has 1 heterocycles. The Kier molecular flexibility index (Phi) is 2.49. The van der Waals surface area contributed by atoms with E-state index in [0.29, 0.717) is 5.41 Å². The zero-order valence-electron chi connectivity index (χ0n) is 8.13. The van der Waals surface area contributed by atoms with E-state index in [2.05, 4.69) is 11.2 Å². The summed E-state index contributed by atoms with van der Waals surface area (Å²) in [6, 6.07) is 0. The van der Waals surface area contributed by atoms with Gasteiger partial charge in [0.15, 0.2) is 0 Å². The fourth-order valence-corrected chi connectivity index (χ4v) is 2.61. The molecule has 0 radical (unpaired) electrons. The van der Waals surface area contributed by atoms with E-state index in [1.807, 2.05) is 6.21 Å². The van der Waals surface area contributed by atoms with Crippen molar-refractivity contribution in [2.24, 2.45) is 16.1 Å². The molecule has 0 saturated heterocycles. The first-order valence-electron chi connectivity index (χ1n) is 5.29. The summed E-state index contributed by atoms with van der Waals surface area (Å²) in [7, 11) is 0. The van der Waals surface area contributed by atoms with Gasteiger partial charge in [-0.15, -0.1) is 0 Å². The van der Waals surface area contributed by atoms with Gasteiger partial charge >= 0.3 is 0 Å². The van der Waals surface area contributed by atoms with Gasteiger partial charge in [0, 0.05) is 24.4 Å². The van der Waals surface area contributed by atoms with Gasteiger partial charge in [-0.2, -0.15) is 0 Å². The zero-order chi connectivity index (χ0) is 9.15. The number of hydrogen-bond acceptors (Lipinski definition) is 2. The molecule has 13 heavy (non-hydrogen) atoms. The Hall–Kier alpha value is -0.630. The second-order valence-electron chi connectivity index (χ2n) is 4.22. The van der Waals surface area contributed by atoms with Crippen LogP contribution in [0.5, 0.6) is 0 Å². The molecule has 0 unspecified atom stereocenters. The van der Waals surface area contributed by atoms with Crippen molar-refractivity contribution in [3.63, 3.8) is 0 Å². The van der Waals surface area contributed by atoms with Crippen molar-refractivity contribution in [3.8, 4) is 0 Å². The second-order valence-corrected chi connectivity index (χ2v) is 4.22. The van der Waals surface area contributed by atoms with Crippen LogP contribution in [-0.2, 0) is 0 Å². The van der Waals surface area contributed by atoms with Gasteiger partial charge in [0.1, 0.15) is 0 Å². The Balaban J connectivity index is 2.19. The summed E-state index contributed by atoms with van der Waals surface area (Å²) in [6.07, 6.45) is 11.6. The van der Waals surface area contributed by atoms with E-state index >= 15 is 0 Å². The Morgan fingerprint density at radius 1 is 1.38 bits per heavy atom. The smallest absolute Gasteiger partial charge is 0.0262 e. The zero-order valence-corrected chi connectivity index (χ0v) is 8.13. The van der Waals surface area contributed by atoms with Gasteiger partial charge in [0.05, 0.1) is 0 Å². The minimum absolute atomic E-state index is 0.331. The highest BCUT2D eigenvalue weighted by atomic mass is 14.7. The summed E-state index contributed by atoms with van der Waals surface area (Å²) in [6.45, 7) is 0.814. The highest BCUT2D eigenvalue weighted by molar-refractivity contribution is 5.60. The molecule has 72 valence electrons. The third-order valence-electron chi connectivity index (χ3n) is 3.51. The van der Waals surface area contributed by atoms with Crippen molar-refractivity contribution in [2.75, 3.05) is 6.54 Å². The normalized spacial score (nSPS) is 26.1. The van der Waals surface area contributed by atoms with E-state index in [1.54, 1.807) is 0 Å². The molecule has 2 aliphatic rings. The summed E-state index contributed by atoms with van der Waals surface area (Å²) < 4.78 is 0. The molecule has 0 atom stereocenters. The van der Waals surface area contributed by atoms with E-state index in [0.717, 1.165) is 13.0 Å². The van der Waals surface area contributed by atoms with E-state index in [9.17, 15) is 0 Å². The van der Waals surface area contributed by atoms with Crippen LogP contribution in [0, 0.1) is 5.41 Å². The topological polar surface area (TPSA) is 38.4 Å². The molecule has 2 rings (SSSR count). The van der Waals surface area contributed by atoms with Gasteiger partial charge in [-0.25, -0.2) is 0 Å². The molecule has 1 fully saturated rings. The van der Waals surface area contributed by atoms with Crippen LogP contribution in [0.1, 0.15) is 38.5 Å². The fraction of sp³-hybridized carbons (Fsp3) is 0.727. The summed E-state index contributed by atoms with van der Waals surface area (Å²) in [5.74, 6) is 0. The Morgan fingerprint density at radius 3 is 2.69 bits per heavy atom. The molecule has 0 amide bonds. The van der Waals surface area contributed by atoms with Crippen LogP contribution in [0.4, 0.5) is 0 Å². The molecule has 2 heteroatoms. The molecule has 1 saturated carbocycles. The molecule has 2 nitrogen and oxygen atoms in total. The molecular weight excluding hydrogens is 160 g/mol. The van der Waals surface area contributed by atoms with Gasteiger partial charge in [-0.3, -0.25) is 4.99 Å². The van der Waals surface area contributed by atoms with Crippen LogP contribution in [0.15, 0.2) is 16.8 Å². The average Bonchev–Trinajstić information content (AvgIpc) is 2.69. The summed E-state index contributed by atoms with van der Waals surface area (Å²) >= 11 is 0. The van der Waals surface area contributed by atoms with Crippen LogP contribution in [-0.4, -0.2) is 12.8 Å². The SMILES string of the molecule is NCC1(C2=CN=CCC2)CCCC1. The summed E-state index contributed by atoms with van der Waals surface area (Å²) in [4.78, 5) is 4.25. The molecule has 0 spiro atoms. The average molecular weight is 178 g/mol. The lowest BCUT2D eigenvalue weighted by atomic mass is 9.76. The molecule has 0 aromatic carbocycles. The number of nitrogens with zero attached hydrogens (tertiary/aromatic N) is 1. The maximum absolute atomic E-state index is 5.91. The van der Waals surface area contributed by atoms with E-state index in [-0.39, 0.29) is 0 Å². The predicted molar refractivity (Wildman–Crippen MR) is 55.8 cm³/mol. The molecule has 2 N–H and O–H groups in total. The highest BCUT2D eigenvalue weighted by Gasteiger charge is 2.35. The Labute approximate surface area is 79.9 Å². The first-order valence-corrected chi connectivity index (χ1v) is 5.29. The van der Waals surface area contributed by atoms with Crippen molar-refractivity contribution >= 4 is 6.21 Å².